The lowest BCUT2D eigenvalue weighted by molar-refractivity contribution is -0.136. The van der Waals surface area contributed by atoms with Gasteiger partial charge in [0.25, 0.3) is 5.91 Å². The van der Waals surface area contributed by atoms with Gasteiger partial charge in [0.1, 0.15) is 0 Å². The molecule has 5 nitrogen and oxygen atoms in total. The first kappa shape index (κ1) is 18.1. The van der Waals surface area contributed by atoms with Gasteiger partial charge in [0.15, 0.2) is 0 Å². The van der Waals surface area contributed by atoms with Crippen LogP contribution in [0, 0.1) is 17.8 Å². The molecule has 0 spiro atoms. The van der Waals surface area contributed by atoms with E-state index in [-0.39, 0.29) is 17.7 Å². The number of carbonyl (C=O) groups excluding carboxylic acids is 2. The van der Waals surface area contributed by atoms with Crippen LogP contribution < -0.4 is 5.32 Å². The topological polar surface area (TPSA) is 52.7 Å². The Bertz CT molecular complexity index is 715. The maximum absolute atomic E-state index is 13.0. The monoisotopic (exact) mass is 395 g/mol. The van der Waals surface area contributed by atoms with Crippen molar-refractivity contribution in [2.75, 3.05) is 39.3 Å². The van der Waals surface area contributed by atoms with Crippen LogP contribution in [0.15, 0.2) is 18.2 Å². The summed E-state index contributed by atoms with van der Waals surface area (Å²) in [6.45, 7) is 4.91. The Balaban J connectivity index is 1.41. The first-order valence-corrected chi connectivity index (χ1v) is 10.0. The molecule has 2 amide bonds. The molecule has 4 rings (SSSR count). The van der Waals surface area contributed by atoms with Crippen molar-refractivity contribution >= 4 is 35.0 Å². The van der Waals surface area contributed by atoms with Crippen molar-refractivity contribution in [1.29, 1.82) is 0 Å². The Labute approximate surface area is 163 Å². The number of nitrogens with one attached hydrogen (secondary N) is 1. The predicted octanol–water partition coefficient (Wildman–Crippen LogP) is 2.52. The zero-order valence-corrected chi connectivity index (χ0v) is 16.1. The highest BCUT2D eigenvalue weighted by molar-refractivity contribution is 6.42. The molecule has 7 heteroatoms. The number of likely N-dealkylation sites (tertiary alicyclic amines) is 2. The minimum atomic E-state index is -0.0951. The van der Waals surface area contributed by atoms with E-state index < -0.39 is 0 Å². The van der Waals surface area contributed by atoms with Crippen LogP contribution in [-0.2, 0) is 4.79 Å². The number of hydrogen-bond acceptors (Lipinski definition) is 3. The van der Waals surface area contributed by atoms with Crippen LogP contribution in [0.25, 0.3) is 0 Å². The van der Waals surface area contributed by atoms with Crippen molar-refractivity contribution in [3.8, 4) is 0 Å². The second-order valence-corrected chi connectivity index (χ2v) is 8.46. The number of fused-ring (bicyclic) bond motifs is 1. The fourth-order valence-electron chi connectivity index (χ4n) is 4.47. The summed E-state index contributed by atoms with van der Waals surface area (Å²) in [5, 5.41) is 4.21. The van der Waals surface area contributed by atoms with Crippen LogP contribution >= 0.6 is 23.2 Å². The van der Waals surface area contributed by atoms with Gasteiger partial charge in [-0.3, -0.25) is 9.59 Å². The highest BCUT2D eigenvalue weighted by Gasteiger charge is 2.40. The average molecular weight is 396 g/mol. The fraction of sp³-hybridized carbons (Fsp3) is 0.579. The van der Waals surface area contributed by atoms with Crippen molar-refractivity contribution in [1.82, 2.24) is 15.1 Å². The number of amides is 2. The van der Waals surface area contributed by atoms with Crippen molar-refractivity contribution < 1.29 is 9.59 Å². The van der Waals surface area contributed by atoms with E-state index in [2.05, 4.69) is 5.32 Å². The molecule has 0 bridgehead atoms. The molecule has 3 aliphatic heterocycles. The highest BCUT2D eigenvalue weighted by atomic mass is 35.5. The third-order valence-corrected chi connectivity index (χ3v) is 6.66. The summed E-state index contributed by atoms with van der Waals surface area (Å²) in [6, 6.07) is 4.93. The molecule has 0 radical (unpaired) electrons. The molecule has 1 aromatic carbocycles. The van der Waals surface area contributed by atoms with Crippen LogP contribution in [0.3, 0.4) is 0 Å². The minimum Gasteiger partial charge on any atom is -0.342 e. The number of rotatable bonds is 2. The third kappa shape index (κ3) is 3.45. The molecule has 3 saturated heterocycles. The first-order chi connectivity index (χ1) is 12.5. The van der Waals surface area contributed by atoms with Gasteiger partial charge in [0, 0.05) is 44.8 Å². The number of nitrogens with zero attached hydrogens (tertiary/aromatic N) is 2. The van der Waals surface area contributed by atoms with Gasteiger partial charge in [-0.25, -0.2) is 0 Å². The van der Waals surface area contributed by atoms with E-state index in [0.29, 0.717) is 40.5 Å². The normalized spacial score (nSPS) is 28.3. The van der Waals surface area contributed by atoms with E-state index in [1.165, 1.54) is 0 Å². The Kier molecular flexibility index (Phi) is 5.13. The van der Waals surface area contributed by atoms with Crippen LogP contribution in [0.4, 0.5) is 0 Å². The molecule has 1 aromatic rings. The molecule has 0 aliphatic carbocycles. The second kappa shape index (κ2) is 7.37. The maximum Gasteiger partial charge on any atom is 0.253 e. The molecule has 0 saturated carbocycles. The van der Waals surface area contributed by atoms with Gasteiger partial charge in [-0.2, -0.15) is 0 Å². The van der Waals surface area contributed by atoms with E-state index in [1.54, 1.807) is 23.1 Å². The van der Waals surface area contributed by atoms with E-state index >= 15 is 0 Å². The van der Waals surface area contributed by atoms with Gasteiger partial charge in [-0.15, -0.1) is 0 Å². The summed E-state index contributed by atoms with van der Waals surface area (Å²) in [5.74, 6) is 1.23. The number of halogens is 2. The van der Waals surface area contributed by atoms with Crippen molar-refractivity contribution in [3.05, 3.63) is 33.8 Å². The molecular weight excluding hydrogens is 373 g/mol. The first-order valence-electron chi connectivity index (χ1n) is 9.26. The Hall–Kier alpha value is -1.30. The Morgan fingerprint density at radius 2 is 1.73 bits per heavy atom. The second-order valence-electron chi connectivity index (χ2n) is 7.64. The Morgan fingerprint density at radius 3 is 2.42 bits per heavy atom. The third-order valence-electron chi connectivity index (χ3n) is 5.93. The van der Waals surface area contributed by atoms with Crippen molar-refractivity contribution in [2.45, 2.75) is 12.8 Å². The fourth-order valence-corrected chi connectivity index (χ4v) is 4.77. The lowest BCUT2D eigenvalue weighted by Crippen LogP contribution is -2.46. The van der Waals surface area contributed by atoms with Gasteiger partial charge in [-0.05, 0) is 42.9 Å². The number of carbonyl (C=O) groups is 2. The van der Waals surface area contributed by atoms with Gasteiger partial charge < -0.3 is 15.1 Å². The standard InChI is InChI=1S/C19H23Cl2N3O2/c20-16-4-3-12(6-17(16)21)18(25)23-5-1-2-13(9-23)19(26)24-10-14-7-22-8-15(14)11-24/h3-4,6,13-15,22H,1-2,5,7-11H2/t13?,14-,15+. The summed E-state index contributed by atoms with van der Waals surface area (Å²) < 4.78 is 0. The summed E-state index contributed by atoms with van der Waals surface area (Å²) in [5.41, 5.74) is 0.522. The molecule has 3 aliphatic rings. The molecule has 3 fully saturated rings. The Morgan fingerprint density at radius 1 is 1.00 bits per heavy atom. The smallest absolute Gasteiger partial charge is 0.253 e. The molecule has 1 unspecified atom stereocenters. The lowest BCUT2D eigenvalue weighted by atomic mass is 9.96. The van der Waals surface area contributed by atoms with E-state index in [1.807, 2.05) is 4.90 Å². The predicted molar refractivity (Wildman–Crippen MR) is 102 cm³/mol. The summed E-state index contributed by atoms with van der Waals surface area (Å²) in [7, 11) is 0. The molecule has 0 aromatic heterocycles. The van der Waals surface area contributed by atoms with Crippen LogP contribution in [0.2, 0.25) is 10.0 Å². The SMILES string of the molecule is O=C(c1ccc(Cl)c(Cl)c1)N1CCCC(C(=O)N2C[C@H]3CNC[C@H]3C2)C1. The van der Waals surface area contributed by atoms with E-state index in [0.717, 1.165) is 39.0 Å². The molecule has 140 valence electrons. The van der Waals surface area contributed by atoms with Gasteiger partial charge >= 0.3 is 0 Å². The van der Waals surface area contributed by atoms with Crippen LogP contribution in [0.5, 0.6) is 0 Å². The van der Waals surface area contributed by atoms with Crippen LogP contribution in [-0.4, -0.2) is 60.9 Å². The largest absolute Gasteiger partial charge is 0.342 e. The zero-order valence-electron chi connectivity index (χ0n) is 14.6. The minimum absolute atomic E-state index is 0.0800. The van der Waals surface area contributed by atoms with Gasteiger partial charge in [-0.1, -0.05) is 23.2 Å². The summed E-state index contributed by atoms with van der Waals surface area (Å²) in [6.07, 6.45) is 1.71. The lowest BCUT2D eigenvalue weighted by Gasteiger charge is -2.34. The van der Waals surface area contributed by atoms with Gasteiger partial charge in [0.2, 0.25) is 5.91 Å². The summed E-state index contributed by atoms with van der Waals surface area (Å²) >= 11 is 12.0. The van der Waals surface area contributed by atoms with E-state index in [4.69, 9.17) is 23.2 Å². The molecule has 3 heterocycles. The highest BCUT2D eigenvalue weighted by Crippen LogP contribution is 2.30. The number of hydrogen-bond donors (Lipinski definition) is 1. The number of benzene rings is 1. The quantitative estimate of drug-likeness (QED) is 0.836. The van der Waals surface area contributed by atoms with Crippen molar-refractivity contribution in [2.24, 2.45) is 17.8 Å². The molecular formula is C19H23Cl2N3O2. The summed E-state index contributed by atoms with van der Waals surface area (Å²) in [4.78, 5) is 29.6. The van der Waals surface area contributed by atoms with Crippen LogP contribution in [0.1, 0.15) is 23.2 Å². The zero-order chi connectivity index (χ0) is 18.3. The number of piperidine rings is 1. The van der Waals surface area contributed by atoms with Gasteiger partial charge in [0.05, 0.1) is 16.0 Å². The molecule has 26 heavy (non-hydrogen) atoms. The maximum atomic E-state index is 13.0. The molecule has 3 atom stereocenters. The molecule has 1 N–H and O–H groups in total. The average Bonchev–Trinajstić information content (AvgIpc) is 3.25. The van der Waals surface area contributed by atoms with E-state index in [9.17, 15) is 9.59 Å². The van der Waals surface area contributed by atoms with Crippen molar-refractivity contribution in [3.63, 3.8) is 0 Å².